The Morgan fingerprint density at radius 2 is 1.69 bits per heavy atom. The Balaban J connectivity index is 1.70. The third-order valence-electron chi connectivity index (χ3n) is 8.43. The van der Waals surface area contributed by atoms with E-state index in [2.05, 4.69) is 11.8 Å². The number of hydrogen-bond donors (Lipinski definition) is 6. The molecule has 0 heterocycles. The number of likely N-dealkylation sites (N-methyl/N-ethyl adjacent to an activating group) is 1. The van der Waals surface area contributed by atoms with Gasteiger partial charge in [0.15, 0.2) is 11.4 Å². The van der Waals surface area contributed by atoms with E-state index in [1.165, 1.54) is 4.90 Å². The average Bonchev–Trinajstić information content (AvgIpc) is 2.90. The van der Waals surface area contributed by atoms with Crippen LogP contribution in [0.2, 0.25) is 0 Å². The highest BCUT2D eigenvalue weighted by atomic mass is 16.3. The molecule has 4 unspecified atom stereocenters. The van der Waals surface area contributed by atoms with Crippen LogP contribution in [0.15, 0.2) is 53.0 Å². The molecule has 1 amide bonds. The van der Waals surface area contributed by atoms with Crippen LogP contribution in [0.5, 0.6) is 5.75 Å². The van der Waals surface area contributed by atoms with Crippen molar-refractivity contribution in [3.05, 3.63) is 75.3 Å². The Bertz CT molecular complexity index is 1680. The fourth-order valence-corrected chi connectivity index (χ4v) is 6.50. The Morgan fingerprint density at radius 1 is 1.05 bits per heavy atom. The summed E-state index contributed by atoms with van der Waals surface area (Å²) in [5.74, 6) is -1.14. The van der Waals surface area contributed by atoms with Crippen LogP contribution in [-0.2, 0) is 16.0 Å². The number of primary amides is 1. The number of nitrogens with two attached hydrogens (primary N) is 2. The van der Waals surface area contributed by atoms with E-state index in [0.29, 0.717) is 22.5 Å². The lowest BCUT2D eigenvalue weighted by Crippen LogP contribution is -2.63. The summed E-state index contributed by atoms with van der Waals surface area (Å²) in [4.78, 5) is 43.0. The van der Waals surface area contributed by atoms with Crippen LogP contribution in [0.4, 0.5) is 11.4 Å². The van der Waals surface area contributed by atoms with Crippen LogP contribution in [0.3, 0.4) is 0 Å². The number of rotatable bonds is 3. The van der Waals surface area contributed by atoms with Gasteiger partial charge in [0.25, 0.3) is 5.91 Å². The summed E-state index contributed by atoms with van der Waals surface area (Å²) in [6.45, 7) is 0. The number of amides is 1. The molecule has 11 heteroatoms. The molecular weight excluding hydrogens is 540 g/mol. The molecule has 4 atom stereocenters. The summed E-state index contributed by atoms with van der Waals surface area (Å²) in [6, 6.07) is 7.44. The Hall–Kier alpha value is -4.79. The smallest absolute Gasteiger partial charge is 0.255 e. The fourth-order valence-electron chi connectivity index (χ4n) is 6.50. The third-order valence-corrected chi connectivity index (χ3v) is 8.43. The van der Waals surface area contributed by atoms with E-state index in [1.807, 2.05) is 0 Å². The average molecular weight is 573 g/mol. The van der Waals surface area contributed by atoms with Crippen molar-refractivity contribution < 1.29 is 34.8 Å². The number of nitrogen functional groups attached to an aromatic ring is 1. The van der Waals surface area contributed by atoms with Crippen LogP contribution in [0, 0.1) is 23.7 Å². The molecule has 0 aliphatic heterocycles. The van der Waals surface area contributed by atoms with Crippen molar-refractivity contribution >= 4 is 28.8 Å². The van der Waals surface area contributed by atoms with E-state index in [-0.39, 0.29) is 29.5 Å². The maximum absolute atomic E-state index is 14.1. The molecule has 3 aliphatic carbocycles. The number of allylic oxidation sites excluding steroid dienone is 1. The van der Waals surface area contributed by atoms with Crippen LogP contribution in [0.25, 0.3) is 0 Å². The molecule has 2 aromatic carbocycles. The summed E-state index contributed by atoms with van der Waals surface area (Å²) < 4.78 is 0. The highest BCUT2D eigenvalue weighted by molar-refractivity contribution is 6.25. The van der Waals surface area contributed by atoms with Gasteiger partial charge >= 0.3 is 0 Å². The van der Waals surface area contributed by atoms with Gasteiger partial charge in [0, 0.05) is 42.5 Å². The van der Waals surface area contributed by atoms with Crippen molar-refractivity contribution in [1.82, 2.24) is 4.90 Å². The first kappa shape index (κ1) is 28.7. The minimum atomic E-state index is -2.70. The summed E-state index contributed by atoms with van der Waals surface area (Å²) >= 11 is 0. The van der Waals surface area contributed by atoms with Crippen LogP contribution in [0.1, 0.15) is 33.5 Å². The zero-order valence-electron chi connectivity index (χ0n) is 23.6. The van der Waals surface area contributed by atoms with Gasteiger partial charge < -0.3 is 36.8 Å². The van der Waals surface area contributed by atoms with Crippen molar-refractivity contribution in [1.29, 1.82) is 0 Å². The number of ketones is 2. The van der Waals surface area contributed by atoms with Gasteiger partial charge in [0.2, 0.25) is 5.78 Å². The first-order valence-corrected chi connectivity index (χ1v) is 13.3. The second kappa shape index (κ2) is 9.94. The molecule has 2 aromatic rings. The molecule has 0 spiro atoms. The molecular formula is C31H32N4O7. The first-order valence-electron chi connectivity index (χ1n) is 13.3. The predicted octanol–water partition coefficient (Wildman–Crippen LogP) is 1.17. The lowest BCUT2D eigenvalue weighted by Gasteiger charge is -2.50. The molecule has 11 nitrogen and oxygen atoms in total. The normalized spacial score (nSPS) is 25.0. The molecule has 8 N–H and O–H groups in total. The number of carbonyl (C=O) groups is 3. The highest BCUT2D eigenvalue weighted by Gasteiger charge is 2.63. The van der Waals surface area contributed by atoms with Crippen molar-refractivity contribution in [3.63, 3.8) is 0 Å². The number of aliphatic hydroxyl groups is 3. The van der Waals surface area contributed by atoms with Gasteiger partial charge in [-0.2, -0.15) is 0 Å². The van der Waals surface area contributed by atoms with E-state index in [4.69, 9.17) is 11.5 Å². The van der Waals surface area contributed by atoms with Gasteiger partial charge in [-0.05, 0) is 68.8 Å². The van der Waals surface area contributed by atoms with Crippen molar-refractivity contribution in [2.75, 3.05) is 38.8 Å². The number of phenols is 1. The maximum Gasteiger partial charge on any atom is 0.255 e. The minimum Gasteiger partial charge on any atom is -0.510 e. The number of carbonyl (C=O) groups excluding carboxylic acids is 3. The molecule has 0 radical (unpaired) electrons. The standard InChI is InChI=1S/C31H32N4O7/c1-34(2)20-13-15(8-5-14-6-9-17(32)10-7-14)25(36)22-18(20)11-16-12-19-24(35(3)4)27(38)23(30(33)41)29(40)31(19,42)28(39)21(16)26(22)37/h6-7,9-10,13,16,19,24,36,38-39,42H,11-12,32H2,1-4H3,(H2,33,41). The molecule has 0 fully saturated rings. The van der Waals surface area contributed by atoms with Crippen molar-refractivity contribution in [2.45, 2.75) is 24.5 Å². The Kier molecular flexibility index (Phi) is 6.80. The number of Topliss-reactive ketones (excluding diaryl/α,β-unsaturated/α-hetero) is 2. The van der Waals surface area contributed by atoms with Gasteiger partial charge in [-0.15, -0.1) is 0 Å². The molecule has 5 rings (SSSR count). The van der Waals surface area contributed by atoms with Crippen molar-refractivity contribution in [2.24, 2.45) is 17.6 Å². The highest BCUT2D eigenvalue weighted by Crippen LogP contribution is 2.53. The number of benzene rings is 2. The van der Waals surface area contributed by atoms with Crippen LogP contribution >= 0.6 is 0 Å². The minimum absolute atomic E-state index is 0.0120. The number of aliphatic hydroxyl groups excluding tert-OH is 2. The Morgan fingerprint density at radius 3 is 2.26 bits per heavy atom. The second-order valence-corrected chi connectivity index (χ2v) is 11.4. The molecule has 0 saturated carbocycles. The molecule has 0 saturated heterocycles. The number of fused-ring (bicyclic) bond motifs is 3. The number of hydrogen-bond acceptors (Lipinski definition) is 10. The molecule has 0 aromatic heterocycles. The van der Waals surface area contributed by atoms with Gasteiger partial charge in [-0.1, -0.05) is 11.8 Å². The van der Waals surface area contributed by atoms with Gasteiger partial charge in [0.05, 0.1) is 17.2 Å². The van der Waals surface area contributed by atoms with Gasteiger partial charge in [-0.25, -0.2) is 0 Å². The zero-order chi connectivity index (χ0) is 30.8. The predicted molar refractivity (Wildman–Crippen MR) is 155 cm³/mol. The zero-order valence-corrected chi connectivity index (χ0v) is 23.6. The SMILES string of the molecule is CN(C)c1cc(C#Cc2ccc(N)cc2)c(O)c2c1CC1CC3C(N(C)C)C(O)=C(C(N)=O)C(=O)C3(O)C(O)=C1C2=O. The first-order chi connectivity index (χ1) is 19.7. The Labute approximate surface area is 242 Å². The number of nitrogens with zero attached hydrogens (tertiary/aromatic N) is 2. The fraction of sp³-hybridized carbons (Fsp3) is 0.323. The second-order valence-electron chi connectivity index (χ2n) is 11.4. The van der Waals surface area contributed by atoms with E-state index in [0.717, 1.165) is 0 Å². The van der Waals surface area contributed by atoms with Crippen LogP contribution < -0.4 is 16.4 Å². The summed E-state index contributed by atoms with van der Waals surface area (Å²) in [7, 11) is 6.74. The molecule has 3 aliphatic rings. The van der Waals surface area contributed by atoms with E-state index >= 15 is 0 Å². The summed E-state index contributed by atoms with van der Waals surface area (Å²) in [5.41, 5.74) is 9.79. The number of phenolic OH excluding ortho intramolecular Hbond substituents is 1. The number of aromatic hydroxyl groups is 1. The van der Waals surface area contributed by atoms with E-state index in [9.17, 15) is 34.8 Å². The third kappa shape index (κ3) is 4.10. The lowest BCUT2D eigenvalue weighted by atomic mass is 9.58. The molecule has 218 valence electrons. The largest absolute Gasteiger partial charge is 0.510 e. The summed E-state index contributed by atoms with van der Waals surface area (Å²) in [6.07, 6.45) is 0.194. The number of anilines is 2. The maximum atomic E-state index is 14.1. The topological polar surface area (TPSA) is 191 Å². The van der Waals surface area contributed by atoms with Gasteiger partial charge in [0.1, 0.15) is 22.8 Å². The van der Waals surface area contributed by atoms with Crippen molar-refractivity contribution in [3.8, 4) is 17.6 Å². The van der Waals surface area contributed by atoms with Crippen LogP contribution in [-0.4, -0.2) is 82.6 Å². The van der Waals surface area contributed by atoms with E-state index < -0.39 is 63.8 Å². The monoisotopic (exact) mass is 572 g/mol. The van der Waals surface area contributed by atoms with Gasteiger partial charge in [-0.3, -0.25) is 19.3 Å². The quantitative estimate of drug-likeness (QED) is 0.177. The molecule has 0 bridgehead atoms. The lowest BCUT2D eigenvalue weighted by molar-refractivity contribution is -0.148. The molecule has 42 heavy (non-hydrogen) atoms. The summed E-state index contributed by atoms with van der Waals surface area (Å²) in [5, 5.41) is 45.5. The van der Waals surface area contributed by atoms with E-state index in [1.54, 1.807) is 63.4 Å².